The minimum atomic E-state index is -0.165. The van der Waals surface area contributed by atoms with Crippen molar-refractivity contribution >= 4 is 34.1 Å². The quantitative estimate of drug-likeness (QED) is 0.747. The first-order valence-corrected chi connectivity index (χ1v) is 7.81. The normalized spacial score (nSPS) is 17.4. The number of aliphatic imine (C=N–C) groups is 2. The molecule has 0 saturated heterocycles. The van der Waals surface area contributed by atoms with Crippen molar-refractivity contribution in [2.24, 2.45) is 9.98 Å². The molecule has 0 radical (unpaired) electrons. The van der Waals surface area contributed by atoms with Crippen LogP contribution in [-0.2, 0) is 0 Å². The van der Waals surface area contributed by atoms with E-state index in [1.54, 1.807) is 22.5 Å². The fourth-order valence-electron chi connectivity index (χ4n) is 3.38. The van der Waals surface area contributed by atoms with Crippen molar-refractivity contribution < 1.29 is 0 Å². The lowest BCUT2D eigenvalue weighted by Gasteiger charge is -2.36. The molecule has 0 bridgehead atoms. The second kappa shape index (κ2) is 4.65. The number of aromatic nitrogens is 1. The summed E-state index contributed by atoms with van der Waals surface area (Å²) in [5.41, 5.74) is 0.869. The maximum absolute atomic E-state index is 12.8. The molecule has 0 aliphatic carbocycles. The Morgan fingerprint density at radius 1 is 1.20 bits per heavy atom. The summed E-state index contributed by atoms with van der Waals surface area (Å²) in [6.45, 7) is 1.79. The molecule has 3 aliphatic heterocycles. The van der Waals surface area contributed by atoms with Crippen LogP contribution in [0.5, 0.6) is 0 Å². The van der Waals surface area contributed by atoms with Gasteiger partial charge in [0.25, 0.3) is 5.56 Å². The van der Waals surface area contributed by atoms with Gasteiger partial charge in [0, 0.05) is 11.5 Å². The topological polar surface area (TPSA) is 73.7 Å². The molecule has 1 aromatic carbocycles. The van der Waals surface area contributed by atoms with E-state index >= 15 is 0 Å². The number of rotatable bonds is 0. The van der Waals surface area contributed by atoms with Gasteiger partial charge in [-0.05, 0) is 24.5 Å². The highest BCUT2D eigenvalue weighted by Gasteiger charge is 2.35. The van der Waals surface area contributed by atoms with Crippen molar-refractivity contribution in [1.82, 2.24) is 9.47 Å². The van der Waals surface area contributed by atoms with Crippen molar-refractivity contribution in [1.29, 1.82) is 5.26 Å². The van der Waals surface area contributed by atoms with E-state index in [2.05, 4.69) is 11.1 Å². The number of pyridine rings is 1. The van der Waals surface area contributed by atoms with E-state index in [-0.39, 0.29) is 5.56 Å². The summed E-state index contributed by atoms with van der Waals surface area (Å²) >= 11 is 0. The molecule has 0 amide bonds. The molecule has 5 rings (SSSR count). The number of hydrogen-bond acceptors (Lipinski definition) is 5. The fraction of sp³-hybridized carbons (Fsp3) is 0.0526. The van der Waals surface area contributed by atoms with Crippen LogP contribution in [0.3, 0.4) is 0 Å². The van der Waals surface area contributed by atoms with Gasteiger partial charge in [0.15, 0.2) is 11.7 Å². The van der Waals surface area contributed by atoms with E-state index in [1.165, 1.54) is 0 Å². The molecule has 6 nitrogen and oxygen atoms in total. The predicted molar refractivity (Wildman–Crippen MR) is 96.3 cm³/mol. The van der Waals surface area contributed by atoms with Gasteiger partial charge in [-0.15, -0.1) is 0 Å². The van der Waals surface area contributed by atoms with Crippen molar-refractivity contribution in [2.75, 3.05) is 0 Å². The highest BCUT2D eigenvalue weighted by molar-refractivity contribution is 6.23. The van der Waals surface area contributed by atoms with Gasteiger partial charge >= 0.3 is 0 Å². The summed E-state index contributed by atoms with van der Waals surface area (Å²) in [5, 5.41) is 11.3. The molecule has 2 aromatic rings. The van der Waals surface area contributed by atoms with Crippen LogP contribution in [-0.4, -0.2) is 21.1 Å². The molecule has 0 spiro atoms. The zero-order valence-electron chi connectivity index (χ0n) is 13.3. The van der Waals surface area contributed by atoms with Crippen LogP contribution >= 0.6 is 0 Å². The maximum atomic E-state index is 12.8. The second-order valence-corrected chi connectivity index (χ2v) is 5.93. The Kier molecular flexibility index (Phi) is 2.55. The van der Waals surface area contributed by atoms with Crippen LogP contribution in [0, 0.1) is 11.3 Å². The van der Waals surface area contributed by atoms with Gasteiger partial charge in [-0.3, -0.25) is 9.69 Å². The molecule has 118 valence electrons. The van der Waals surface area contributed by atoms with Gasteiger partial charge in [-0.2, -0.15) is 5.26 Å². The second-order valence-electron chi connectivity index (χ2n) is 5.93. The predicted octanol–water partition coefficient (Wildman–Crippen LogP) is 2.92. The Labute approximate surface area is 142 Å². The first-order valence-electron chi connectivity index (χ1n) is 7.81. The fourth-order valence-corrected chi connectivity index (χ4v) is 3.38. The molecule has 4 heterocycles. The summed E-state index contributed by atoms with van der Waals surface area (Å²) in [6, 6.07) is 11.4. The van der Waals surface area contributed by atoms with Crippen molar-refractivity contribution in [2.45, 2.75) is 6.92 Å². The molecule has 0 fully saturated rings. The number of hydrogen-bond donors (Lipinski definition) is 0. The van der Waals surface area contributed by atoms with Gasteiger partial charge in [0.1, 0.15) is 23.3 Å². The highest BCUT2D eigenvalue weighted by atomic mass is 16.1. The third-order valence-corrected chi connectivity index (χ3v) is 4.49. The van der Waals surface area contributed by atoms with Gasteiger partial charge in [-0.1, -0.05) is 30.3 Å². The number of benzene rings is 1. The SMILES string of the molecule is CC1=C(C#N)C2=Nc3c4ccccc4cc(=O)n3C3=CC=CC(=N1)N32. The number of amidine groups is 2. The number of nitriles is 1. The summed E-state index contributed by atoms with van der Waals surface area (Å²) < 4.78 is 1.57. The molecule has 6 heteroatoms. The van der Waals surface area contributed by atoms with Crippen molar-refractivity contribution in [3.05, 3.63) is 70.2 Å². The van der Waals surface area contributed by atoms with Gasteiger partial charge < -0.3 is 0 Å². The molecular weight excluding hydrogens is 314 g/mol. The van der Waals surface area contributed by atoms with Gasteiger partial charge in [0.05, 0.1) is 5.70 Å². The minimum absolute atomic E-state index is 0.165. The molecule has 0 saturated carbocycles. The number of nitrogens with zero attached hydrogens (tertiary/aromatic N) is 5. The van der Waals surface area contributed by atoms with Gasteiger partial charge in [0.2, 0.25) is 0 Å². The molecule has 0 N–H and O–H groups in total. The Balaban J connectivity index is 1.97. The van der Waals surface area contributed by atoms with Crippen molar-refractivity contribution in [3.63, 3.8) is 0 Å². The van der Waals surface area contributed by atoms with Crippen LogP contribution < -0.4 is 5.56 Å². The molecule has 1 aromatic heterocycles. The number of fused-ring (bicyclic) bond motifs is 4. The Morgan fingerprint density at radius 2 is 2.04 bits per heavy atom. The monoisotopic (exact) mass is 325 g/mol. The zero-order valence-corrected chi connectivity index (χ0v) is 13.3. The average Bonchev–Trinajstić information content (AvgIpc) is 2.62. The molecule has 3 aliphatic rings. The Morgan fingerprint density at radius 3 is 2.88 bits per heavy atom. The van der Waals surface area contributed by atoms with Crippen LogP contribution in [0.25, 0.3) is 16.6 Å². The summed E-state index contributed by atoms with van der Waals surface area (Å²) in [6.07, 6.45) is 5.53. The maximum Gasteiger partial charge on any atom is 0.258 e. The first-order chi connectivity index (χ1) is 12.2. The van der Waals surface area contributed by atoms with E-state index in [4.69, 9.17) is 4.99 Å². The lowest BCUT2D eigenvalue weighted by molar-refractivity contribution is 0.734. The average molecular weight is 325 g/mol. The first kappa shape index (κ1) is 13.7. The smallest absolute Gasteiger partial charge is 0.258 e. The third kappa shape index (κ3) is 1.69. The minimum Gasteiger partial charge on any atom is -0.269 e. The number of allylic oxidation sites excluding steroid dienone is 3. The Bertz CT molecular complexity index is 1230. The van der Waals surface area contributed by atoms with Crippen molar-refractivity contribution in [3.8, 4) is 6.07 Å². The van der Waals surface area contributed by atoms with E-state index in [0.717, 1.165) is 10.8 Å². The molecule has 0 unspecified atom stereocenters. The lowest BCUT2D eigenvalue weighted by atomic mass is 10.1. The molecule has 25 heavy (non-hydrogen) atoms. The summed E-state index contributed by atoms with van der Waals surface area (Å²) in [4.78, 5) is 23.7. The van der Waals surface area contributed by atoms with Crippen LogP contribution in [0.15, 0.2) is 74.6 Å². The van der Waals surface area contributed by atoms with E-state index in [9.17, 15) is 10.1 Å². The van der Waals surface area contributed by atoms with E-state index in [1.807, 2.05) is 42.5 Å². The van der Waals surface area contributed by atoms with Crippen LogP contribution in [0.2, 0.25) is 0 Å². The van der Waals surface area contributed by atoms with Gasteiger partial charge in [-0.25, -0.2) is 14.6 Å². The third-order valence-electron chi connectivity index (χ3n) is 4.49. The Hall–Kier alpha value is -3.72. The lowest BCUT2D eigenvalue weighted by Crippen LogP contribution is -2.45. The summed E-state index contributed by atoms with van der Waals surface area (Å²) in [5.74, 6) is 2.34. The standard InChI is InChI=1S/C19H11N5O/c1-11-14(10-20)19-22-18-13-6-3-2-5-12(13)9-17(25)24(18)16-8-4-7-15(21-11)23(16)19/h2-9H,1H3. The highest BCUT2D eigenvalue weighted by Crippen LogP contribution is 2.36. The van der Waals surface area contributed by atoms with Crippen LogP contribution in [0.1, 0.15) is 6.92 Å². The van der Waals surface area contributed by atoms with E-state index in [0.29, 0.717) is 34.6 Å². The summed E-state index contributed by atoms with van der Waals surface area (Å²) in [7, 11) is 0. The van der Waals surface area contributed by atoms with E-state index < -0.39 is 0 Å². The zero-order chi connectivity index (χ0) is 17.1. The molecule has 0 atom stereocenters. The van der Waals surface area contributed by atoms with Crippen LogP contribution in [0.4, 0.5) is 5.82 Å². The molecular formula is C19H11N5O. The largest absolute Gasteiger partial charge is 0.269 e.